The Labute approximate surface area is 222 Å². The number of para-hydroxylation sites is 1. The van der Waals surface area contributed by atoms with E-state index in [2.05, 4.69) is 16.0 Å². The van der Waals surface area contributed by atoms with Crippen LogP contribution < -0.4 is 16.0 Å². The minimum absolute atomic E-state index is 0. The number of nitrogens with one attached hydrogen (secondary N) is 3. The van der Waals surface area contributed by atoms with Gasteiger partial charge < -0.3 is 20.9 Å². The molecule has 10 heteroatoms. The van der Waals surface area contributed by atoms with Gasteiger partial charge in [0.1, 0.15) is 12.1 Å². The Morgan fingerprint density at radius 3 is 2.26 bits per heavy atom. The van der Waals surface area contributed by atoms with Crippen LogP contribution in [0.5, 0.6) is 0 Å². The van der Waals surface area contributed by atoms with E-state index in [0.717, 1.165) is 11.1 Å². The summed E-state index contributed by atoms with van der Waals surface area (Å²) in [4.78, 5) is 41.4. The van der Waals surface area contributed by atoms with Gasteiger partial charge in [0.25, 0.3) is 5.91 Å². The van der Waals surface area contributed by atoms with Crippen molar-refractivity contribution in [2.24, 2.45) is 5.92 Å². The fourth-order valence-electron chi connectivity index (χ4n) is 4.05. The summed E-state index contributed by atoms with van der Waals surface area (Å²) in [6, 6.07) is 10.2. The van der Waals surface area contributed by atoms with Gasteiger partial charge in [-0.15, -0.1) is 12.4 Å². The van der Waals surface area contributed by atoms with E-state index in [-0.39, 0.29) is 36.7 Å². The number of anilines is 1. The van der Waals surface area contributed by atoms with Crippen LogP contribution in [0.25, 0.3) is 0 Å². The molecule has 1 aliphatic rings. The molecule has 0 radical (unpaired) electrons. The molecule has 3 atom stereocenters. The number of carbonyl (C=O) groups is 3. The topological polar surface area (TPSA) is 90.5 Å². The molecule has 2 aromatic rings. The Bertz CT molecular complexity index is 1060. The van der Waals surface area contributed by atoms with E-state index in [1.165, 1.54) is 4.90 Å². The van der Waals surface area contributed by atoms with Crippen molar-refractivity contribution in [3.8, 4) is 0 Å². The number of carbonyl (C=O) groups excluding carboxylic acids is 3. The Morgan fingerprint density at radius 1 is 1.03 bits per heavy atom. The highest BCUT2D eigenvalue weighted by molar-refractivity contribution is 6.39. The highest BCUT2D eigenvalue weighted by Crippen LogP contribution is 2.37. The average Bonchev–Trinajstić information content (AvgIpc) is 3.19. The lowest BCUT2D eigenvalue weighted by atomic mass is 10.0. The van der Waals surface area contributed by atoms with Crippen LogP contribution >= 0.6 is 35.6 Å². The lowest BCUT2D eigenvalue weighted by Crippen LogP contribution is -2.55. The average molecular weight is 542 g/mol. The molecule has 3 amide bonds. The zero-order chi connectivity index (χ0) is 25.0. The van der Waals surface area contributed by atoms with Crippen LogP contribution in [0.3, 0.4) is 0 Å². The van der Waals surface area contributed by atoms with Crippen molar-refractivity contribution < 1.29 is 14.4 Å². The van der Waals surface area contributed by atoms with E-state index in [1.807, 2.05) is 45.0 Å². The van der Waals surface area contributed by atoms with Crippen molar-refractivity contribution in [2.45, 2.75) is 52.4 Å². The third-order valence-electron chi connectivity index (χ3n) is 5.88. The van der Waals surface area contributed by atoms with Crippen LogP contribution in [0.1, 0.15) is 44.9 Å². The third-order valence-corrected chi connectivity index (χ3v) is 6.51. The molecule has 0 aromatic heterocycles. The first kappa shape index (κ1) is 28.9. The molecule has 0 aliphatic carbocycles. The summed E-state index contributed by atoms with van der Waals surface area (Å²) in [5, 5.41) is 9.31. The molecule has 0 saturated heterocycles. The largest absolute Gasteiger partial charge is 0.343 e. The molecule has 0 bridgehead atoms. The number of hydrogen-bond acceptors (Lipinski definition) is 4. The van der Waals surface area contributed by atoms with Crippen molar-refractivity contribution in [2.75, 3.05) is 11.9 Å². The van der Waals surface area contributed by atoms with Gasteiger partial charge in [-0.2, -0.15) is 0 Å². The van der Waals surface area contributed by atoms with Gasteiger partial charge >= 0.3 is 0 Å². The van der Waals surface area contributed by atoms with Gasteiger partial charge in [-0.25, -0.2) is 0 Å². The number of benzene rings is 2. The van der Waals surface area contributed by atoms with Crippen LogP contribution in [-0.2, 0) is 20.9 Å². The summed E-state index contributed by atoms with van der Waals surface area (Å²) in [6.07, 6.45) is 0. The number of hydrogen-bond donors (Lipinski definition) is 3. The monoisotopic (exact) mass is 540 g/mol. The molecule has 1 unspecified atom stereocenters. The van der Waals surface area contributed by atoms with Crippen molar-refractivity contribution in [1.82, 2.24) is 15.5 Å². The number of fused-ring (bicyclic) bond motifs is 1. The fourth-order valence-corrected chi connectivity index (χ4v) is 4.55. The first-order chi connectivity index (χ1) is 16.1. The van der Waals surface area contributed by atoms with Crippen molar-refractivity contribution >= 4 is 59.0 Å². The second-order valence-corrected chi connectivity index (χ2v) is 9.48. The molecular formula is C25H31Cl3N4O3. The van der Waals surface area contributed by atoms with E-state index in [9.17, 15) is 14.4 Å². The minimum Gasteiger partial charge on any atom is -0.343 e. The maximum Gasteiger partial charge on any atom is 0.251 e. The molecule has 0 fully saturated rings. The molecule has 3 N–H and O–H groups in total. The maximum absolute atomic E-state index is 13.7. The summed E-state index contributed by atoms with van der Waals surface area (Å²) in [5.41, 5.74) is 1.89. The van der Waals surface area contributed by atoms with Crippen molar-refractivity contribution in [1.29, 1.82) is 0 Å². The Hall–Kier alpha value is -2.32. The second kappa shape index (κ2) is 12.6. The molecule has 0 saturated carbocycles. The Balaban J connectivity index is 0.00000432. The predicted molar refractivity (Wildman–Crippen MR) is 142 cm³/mol. The predicted octanol–water partition coefficient (Wildman–Crippen LogP) is 4.58. The molecule has 0 spiro atoms. The summed E-state index contributed by atoms with van der Waals surface area (Å²) < 4.78 is 0. The van der Waals surface area contributed by atoms with Crippen LogP contribution in [0.15, 0.2) is 42.5 Å². The van der Waals surface area contributed by atoms with Gasteiger partial charge in [-0.05, 0) is 42.6 Å². The lowest BCUT2D eigenvalue weighted by molar-refractivity contribution is -0.143. The number of likely N-dealkylation sites (N-methyl/N-ethyl adjacent to an activating group) is 1. The van der Waals surface area contributed by atoms with Crippen LogP contribution in [0, 0.1) is 5.92 Å². The van der Waals surface area contributed by atoms with Gasteiger partial charge in [0, 0.05) is 6.54 Å². The quantitative estimate of drug-likeness (QED) is 0.456. The van der Waals surface area contributed by atoms with E-state index in [1.54, 1.807) is 25.1 Å². The van der Waals surface area contributed by atoms with Crippen LogP contribution in [0.2, 0.25) is 10.0 Å². The number of halogens is 3. The number of rotatable bonds is 8. The zero-order valence-corrected chi connectivity index (χ0v) is 22.4. The van der Waals surface area contributed by atoms with Gasteiger partial charge in [0.2, 0.25) is 11.8 Å². The zero-order valence-electron chi connectivity index (χ0n) is 20.1. The molecule has 190 valence electrons. The molecule has 1 heterocycles. The number of nitrogens with zero attached hydrogens (tertiary/aromatic N) is 1. The van der Waals surface area contributed by atoms with Crippen molar-refractivity contribution in [3.63, 3.8) is 0 Å². The molecule has 1 aliphatic heterocycles. The highest BCUT2D eigenvalue weighted by atomic mass is 35.5. The van der Waals surface area contributed by atoms with Crippen LogP contribution in [0.4, 0.5) is 5.69 Å². The van der Waals surface area contributed by atoms with Crippen LogP contribution in [-0.4, -0.2) is 41.2 Å². The Kier molecular flexibility index (Phi) is 10.4. The molecule has 2 aromatic carbocycles. The third kappa shape index (κ3) is 6.47. The van der Waals surface area contributed by atoms with E-state index >= 15 is 0 Å². The minimum atomic E-state index is -0.889. The lowest BCUT2D eigenvalue weighted by Gasteiger charge is -2.31. The normalized spacial score (nSPS) is 16.2. The summed E-state index contributed by atoms with van der Waals surface area (Å²) in [6.45, 7) is 8.26. The van der Waals surface area contributed by atoms with Gasteiger partial charge in [-0.1, -0.05) is 74.3 Å². The first-order valence-electron chi connectivity index (χ1n) is 11.3. The molecule has 35 heavy (non-hydrogen) atoms. The summed E-state index contributed by atoms with van der Waals surface area (Å²) in [5.74, 6) is -1.21. The van der Waals surface area contributed by atoms with Gasteiger partial charge in [0.15, 0.2) is 0 Å². The first-order valence-corrected chi connectivity index (χ1v) is 12.1. The smallest absolute Gasteiger partial charge is 0.251 e. The van der Waals surface area contributed by atoms with Gasteiger partial charge in [-0.3, -0.25) is 14.4 Å². The van der Waals surface area contributed by atoms with E-state index in [0.29, 0.717) is 22.3 Å². The second-order valence-electron chi connectivity index (χ2n) is 8.66. The number of amides is 3. The fraction of sp³-hybridized carbons (Fsp3) is 0.400. The molecule has 7 nitrogen and oxygen atoms in total. The Morgan fingerprint density at radius 2 is 1.66 bits per heavy atom. The maximum atomic E-state index is 13.7. The standard InChI is InChI=1S/C25H30Cl2N4O3.ClH/c1-5-28-15(4)23(32)29-20(14(2)3)25(34)31-13-16-9-6-7-10-17(16)22(31)24(33)30-21-18(26)11-8-12-19(21)27;/h6-12,14-15,20,22,28H,5,13H2,1-4H3,(H,29,32)(H,30,33);1H/t15-,20-,22?;/m0./s1. The summed E-state index contributed by atoms with van der Waals surface area (Å²) in [7, 11) is 0. The van der Waals surface area contributed by atoms with Gasteiger partial charge in [0.05, 0.1) is 21.8 Å². The van der Waals surface area contributed by atoms with E-state index in [4.69, 9.17) is 23.2 Å². The molecular weight excluding hydrogens is 511 g/mol. The van der Waals surface area contributed by atoms with E-state index < -0.39 is 24.0 Å². The van der Waals surface area contributed by atoms with Crippen molar-refractivity contribution in [3.05, 3.63) is 63.6 Å². The highest BCUT2D eigenvalue weighted by Gasteiger charge is 2.42. The molecule has 3 rings (SSSR count). The summed E-state index contributed by atoms with van der Waals surface area (Å²) >= 11 is 12.5. The SMILES string of the molecule is CCN[C@@H](C)C(=O)N[C@H](C(=O)N1Cc2ccccc2C1C(=O)Nc1c(Cl)cccc1Cl)C(C)C.Cl.